The van der Waals surface area contributed by atoms with E-state index in [9.17, 15) is 58.8 Å². The summed E-state index contributed by atoms with van der Waals surface area (Å²) in [5, 5.41) is 39.9. The Morgan fingerprint density at radius 3 is 1.17 bits per heavy atom. The number of ketones is 3. The zero-order valence-corrected chi connectivity index (χ0v) is 77.8. The number of benzene rings is 12. The number of nitrogens with zero attached hydrogens (tertiary/aromatic N) is 2. The number of phenolic OH excluding ortho intramolecular Hbond substituents is 2. The number of methoxy groups -OCH3 is 1. The fourth-order valence-electron chi connectivity index (χ4n) is 15.3. The Hall–Kier alpha value is -16.9. The third-order valence-corrected chi connectivity index (χ3v) is 24.0. The lowest BCUT2D eigenvalue weighted by molar-refractivity contribution is -0.127. The van der Waals surface area contributed by atoms with Crippen LogP contribution in [-0.2, 0) is 32.4 Å². The molecular weight excluding hydrogens is 1950 g/mol. The lowest BCUT2D eigenvalue weighted by atomic mass is 9.99. The maximum atomic E-state index is 12.5. The number of aliphatic hydroxyl groups excluding tert-OH is 2. The maximum Gasteiger partial charge on any atom is 0.344 e. The average molecular weight is 2020 g/mol. The molecule has 16 aromatic rings. The number of aromatic hydroxyl groups is 2. The van der Waals surface area contributed by atoms with Crippen LogP contribution in [0.1, 0.15) is 115 Å². The van der Waals surface area contributed by atoms with Crippen molar-refractivity contribution in [1.82, 2.24) is 24.9 Å². The summed E-state index contributed by atoms with van der Waals surface area (Å²) in [6, 6.07) is 75.4. The molecule has 0 amide bonds. The molecule has 11 heterocycles. The number of H-pyrrole nitrogens is 3. The number of halogens is 4. The normalized spacial score (nSPS) is 15.4. The van der Waals surface area contributed by atoms with E-state index in [2.05, 4.69) is 56.8 Å². The van der Waals surface area contributed by atoms with Gasteiger partial charge in [-0.15, -0.1) is 0 Å². The number of hydrogen-bond acceptors (Lipinski definition) is 23. The minimum Gasteiger partial charge on any atom is -0.506 e. The zero-order valence-electron chi connectivity index (χ0n) is 73.1. The van der Waals surface area contributed by atoms with E-state index in [1.165, 1.54) is 31.6 Å². The molecule has 7 N–H and O–H groups in total. The molecule has 7 aliphatic rings. The number of ether oxygens (including phenoxy) is 8. The van der Waals surface area contributed by atoms with Crippen molar-refractivity contribution in [2.24, 2.45) is 0 Å². The monoisotopic (exact) mass is 2020 g/mol. The topological polar surface area (TPSA) is 378 Å². The molecule has 4 aromatic heterocycles. The molecule has 26 nitrogen and oxygen atoms in total. The van der Waals surface area contributed by atoms with Gasteiger partial charge in [0.25, 0.3) is 0 Å². The molecule has 0 atom stereocenters. The average Bonchev–Trinajstić information content (AvgIpc) is 1.62. The van der Waals surface area contributed by atoms with Crippen LogP contribution >= 0.6 is 55.1 Å². The number of esters is 4. The Bertz CT molecular complexity index is 7810. The molecule has 0 spiro atoms. The van der Waals surface area contributed by atoms with Crippen molar-refractivity contribution >= 4 is 183 Å². The minimum absolute atomic E-state index is 0.0944. The smallest absolute Gasteiger partial charge is 0.344 e. The van der Waals surface area contributed by atoms with Crippen molar-refractivity contribution in [1.29, 1.82) is 0 Å². The molecule has 0 radical (unpaired) electrons. The van der Waals surface area contributed by atoms with Gasteiger partial charge in [0.2, 0.25) is 17.3 Å². The van der Waals surface area contributed by atoms with E-state index in [1.807, 2.05) is 129 Å². The molecule has 0 saturated carbocycles. The lowest BCUT2D eigenvalue weighted by Crippen LogP contribution is -2.06. The van der Waals surface area contributed by atoms with Gasteiger partial charge in [-0.25, -0.2) is 29.1 Å². The fraction of sp³-hybridized carbons (Fsp3) is 0.0459. The predicted molar refractivity (Wildman–Crippen MR) is 532 cm³/mol. The number of phenols is 2. The van der Waals surface area contributed by atoms with E-state index in [4.69, 9.17) is 65.5 Å². The van der Waals surface area contributed by atoms with Crippen molar-refractivity contribution in [3.05, 3.63) is 427 Å². The van der Waals surface area contributed by atoms with Crippen LogP contribution in [-0.4, -0.2) is 93.7 Å². The van der Waals surface area contributed by atoms with Crippen LogP contribution in [0.2, 0.25) is 10.0 Å². The molecule has 30 heteroatoms. The Morgan fingerprint density at radius 2 is 0.748 bits per heavy atom. The van der Waals surface area contributed by atoms with Crippen LogP contribution < -0.4 is 43.3 Å². The highest BCUT2D eigenvalue weighted by molar-refractivity contribution is 9.11. The van der Waals surface area contributed by atoms with Crippen molar-refractivity contribution < 1.29 is 96.3 Å². The van der Waals surface area contributed by atoms with E-state index in [0.717, 1.165) is 61.5 Å². The first kappa shape index (κ1) is 93.9. The van der Waals surface area contributed by atoms with E-state index in [-0.39, 0.29) is 81.0 Å². The van der Waals surface area contributed by atoms with Crippen LogP contribution in [0.15, 0.2) is 315 Å². The van der Waals surface area contributed by atoms with Gasteiger partial charge >= 0.3 is 23.9 Å². The number of rotatable bonds is 10. The van der Waals surface area contributed by atoms with Crippen molar-refractivity contribution in [3.63, 3.8) is 0 Å². The molecule has 0 fully saturated rings. The molecule has 688 valence electrons. The quantitative estimate of drug-likeness (QED) is 0.0380. The van der Waals surface area contributed by atoms with Crippen LogP contribution in [0.4, 0.5) is 0 Å². The van der Waals surface area contributed by atoms with E-state index >= 15 is 0 Å². The SMILES string of the molecule is COc1cc(/C=C2/C(=O)Oc3ccccc32)cc(CO)c1CO.Cc1[nH]cnc1/C=C1/Oc2ccccc2C1=O.Cc1[nH]cnc1/C=C1\C(=O)Oc2ccccc21.O=C1/C(=C\c2cc(Br)c(O)c(Br)c2)Oc2ccccc21.O=C1/C(=C\c2cc(Cl)c(O)c(Cl)c2)Oc2ccccc21.O=C1Oc2ccccc2/C1=C/c1c[nH]c2ccccc12.O=C1Oc2ccccc2/C1=C\c1coc2ccccc2c1=O. The van der Waals surface area contributed by atoms with Gasteiger partial charge < -0.3 is 77.7 Å². The molecule has 139 heavy (non-hydrogen) atoms. The van der Waals surface area contributed by atoms with E-state index in [0.29, 0.717) is 144 Å². The first-order valence-corrected chi connectivity index (χ1v) is 44.8. The zero-order chi connectivity index (χ0) is 97.2. The number of fused-ring (bicyclic) bond motifs is 9. The number of hydrogen-bond donors (Lipinski definition) is 7. The Balaban J connectivity index is 0.000000112. The van der Waals surface area contributed by atoms with Gasteiger partial charge in [-0.2, -0.15) is 0 Å². The number of nitrogens with one attached hydrogen (secondary N) is 3. The van der Waals surface area contributed by atoms with E-state index < -0.39 is 11.9 Å². The number of imidazole rings is 2. The number of carbonyl (C=O) groups excluding carboxylic acids is 7. The number of aliphatic hydroxyl groups is 2. The van der Waals surface area contributed by atoms with Gasteiger partial charge in [-0.3, -0.25) is 19.2 Å². The summed E-state index contributed by atoms with van der Waals surface area (Å²) in [5.74, 6) is 3.25. The molecule has 0 aliphatic carbocycles. The van der Waals surface area contributed by atoms with Gasteiger partial charge in [0.1, 0.15) is 63.6 Å². The van der Waals surface area contributed by atoms with Crippen molar-refractivity contribution in [2.45, 2.75) is 27.1 Å². The van der Waals surface area contributed by atoms with Crippen LogP contribution in [0, 0.1) is 13.8 Å². The minimum atomic E-state index is -0.464. The van der Waals surface area contributed by atoms with Crippen LogP contribution in [0.5, 0.6) is 57.5 Å². The van der Waals surface area contributed by atoms with Gasteiger partial charge in [0.15, 0.2) is 28.5 Å². The van der Waals surface area contributed by atoms with Gasteiger partial charge in [-0.1, -0.05) is 163 Å². The highest BCUT2D eigenvalue weighted by Gasteiger charge is 2.34. The third-order valence-electron chi connectivity index (χ3n) is 22.2. The highest BCUT2D eigenvalue weighted by atomic mass is 79.9. The Morgan fingerprint density at radius 1 is 0.381 bits per heavy atom. The maximum absolute atomic E-state index is 12.5. The molecule has 0 saturated heterocycles. The number of allylic oxidation sites excluding steroid dienone is 3. The summed E-state index contributed by atoms with van der Waals surface area (Å²) in [6.45, 7) is 3.34. The largest absolute Gasteiger partial charge is 0.506 e. The first-order chi connectivity index (χ1) is 67.4. The lowest BCUT2D eigenvalue weighted by Gasteiger charge is -2.12. The van der Waals surface area contributed by atoms with Gasteiger partial charge in [0.05, 0.1) is 113 Å². The number of carbonyl (C=O) groups is 7. The highest BCUT2D eigenvalue weighted by Crippen LogP contribution is 2.44. The number of aryl methyl sites for hydroxylation is 2. The first-order valence-electron chi connectivity index (χ1n) is 42.4. The summed E-state index contributed by atoms with van der Waals surface area (Å²) < 4.78 is 49.2. The Labute approximate surface area is 817 Å². The third kappa shape index (κ3) is 20.4. The molecule has 0 bridgehead atoms. The summed E-state index contributed by atoms with van der Waals surface area (Å²) in [4.78, 5) is 114. The Kier molecular flexibility index (Phi) is 28.1. The second-order valence-electron chi connectivity index (χ2n) is 31.1. The van der Waals surface area contributed by atoms with Gasteiger partial charge in [0, 0.05) is 67.9 Å². The summed E-state index contributed by atoms with van der Waals surface area (Å²) in [5.41, 5.74) is 15.9. The molecule has 0 unspecified atom stereocenters. The van der Waals surface area contributed by atoms with Gasteiger partial charge in [-0.05, 0) is 220 Å². The van der Waals surface area contributed by atoms with E-state index in [1.54, 1.807) is 183 Å². The van der Waals surface area contributed by atoms with Crippen LogP contribution in [0.25, 0.3) is 86.7 Å². The molecule has 7 aliphatic heterocycles. The second-order valence-corrected chi connectivity index (χ2v) is 33.6. The molecule has 23 rings (SSSR count). The number of para-hydroxylation sites is 9. The van der Waals surface area contributed by atoms with Crippen LogP contribution in [0.3, 0.4) is 0 Å². The second kappa shape index (κ2) is 41.5. The summed E-state index contributed by atoms with van der Waals surface area (Å²) in [6.07, 6.45) is 18.2. The fourth-order valence-corrected chi connectivity index (χ4v) is 17.0. The standard InChI is InChI=1S/C18H16O5.C18H10O4.C17H11NO2.C15H8Br2O3.C15H8Cl2O3.2C13H10N2O2/c1-22-17-8-11(6-12(9-19)15(17)10-20)7-14-13-4-2-3-5-16(13)23-18(14)21;19-17-11(10-21-15-7-3-2-6-13(15)17)9-14-12-5-1-4-8-16(12)22-18(14)20;19-17-14(13-6-2-4-8-16(13)20-17)9-11-10-18-15-7-3-1-5-12(11)15;2*16-10-5-8(6-11(17)15(10)19)7-13-14(18)9-3-1-2-4-12(9)20-13;1-8-11(15-7-14-8)6-10-9-4-2-3-5-12(9)17-13(10)16;1-8-10(15-7-14-8)6-12-13(16)9-4-2-3-5-11(9)17-12/h2-8,19-20H,9-10H2,1H3;1-10H;1-10,18H;2*1-7,19H;2*2-7H,1H3,(H,14,15)/b14-7+;14-9+;14-9-;2*13-7+;10-6-;12-6+. The number of aromatic amines is 3. The predicted octanol–water partition coefficient (Wildman–Crippen LogP) is 22.4. The summed E-state index contributed by atoms with van der Waals surface area (Å²) >= 11 is 18.2. The molecular formula is C109H73Br2Cl2N5O21. The molecule has 12 aromatic carbocycles. The van der Waals surface area contributed by atoms with Crippen molar-refractivity contribution in [3.8, 4) is 57.5 Å². The number of aromatic nitrogens is 5. The summed E-state index contributed by atoms with van der Waals surface area (Å²) in [7, 11) is 1.49. The number of Topliss-reactive ketones (excluding diaryl/α,β-unsaturated/α-hetero) is 3. The van der Waals surface area contributed by atoms with Crippen molar-refractivity contribution in [2.75, 3.05) is 7.11 Å².